The molecule has 0 spiro atoms. The standard InChI is InChI=1S/C32H52O3/c1-20(33)35-24-12-13-29(6)22(28(24,4)5)11-14-31(8)23(29)10-9-21-25-26-27(2,3)15-17-32(25,19-34-26)18-16-30(21,31)7/h21-26H,9-19H2,1-8H3/t21-,22-,23+,24-,25-,26-,29+,30-,31-,32-/m1/s1. The molecule has 5 aliphatic carbocycles. The molecule has 0 aromatic heterocycles. The SMILES string of the molecule is CC(=O)O[C@@H]1CC[C@@]2(C)[C@H](CC[C@]3(C)[C@H]2CC[C@@H]2[C@@H]4[C@H]5OC[C@@]4(CCC5(C)C)CC[C@]23C)C1(C)C. The zero-order valence-electron chi connectivity index (χ0n) is 24.0. The first-order valence-corrected chi connectivity index (χ1v) is 15.0. The first kappa shape index (κ1) is 24.7. The van der Waals surface area contributed by atoms with E-state index in [0.29, 0.717) is 39.1 Å². The normalized spacial score (nSPS) is 55.7. The van der Waals surface area contributed by atoms with Gasteiger partial charge in [-0.3, -0.25) is 4.79 Å². The lowest BCUT2D eigenvalue weighted by atomic mass is 9.31. The van der Waals surface area contributed by atoms with Crippen molar-refractivity contribution >= 4 is 5.97 Å². The molecule has 5 saturated carbocycles. The van der Waals surface area contributed by atoms with Crippen LogP contribution in [0.2, 0.25) is 0 Å². The Bertz CT molecular complexity index is 906. The zero-order chi connectivity index (χ0) is 25.2. The second-order valence-electron chi connectivity index (χ2n) is 16.2. The van der Waals surface area contributed by atoms with Crippen LogP contribution in [-0.4, -0.2) is 24.8 Å². The van der Waals surface area contributed by atoms with Crippen molar-refractivity contribution in [2.24, 2.45) is 56.2 Å². The Kier molecular flexibility index (Phi) is 5.16. The highest BCUT2D eigenvalue weighted by Crippen LogP contribution is 2.78. The third kappa shape index (κ3) is 2.97. The number of esters is 1. The molecular formula is C32H52O3. The van der Waals surface area contributed by atoms with Gasteiger partial charge in [-0.05, 0) is 115 Å². The van der Waals surface area contributed by atoms with Gasteiger partial charge in [0.05, 0.1) is 12.7 Å². The number of hydrogen-bond donors (Lipinski definition) is 0. The van der Waals surface area contributed by atoms with Crippen molar-refractivity contribution in [2.75, 3.05) is 6.61 Å². The van der Waals surface area contributed by atoms with Crippen LogP contribution < -0.4 is 0 Å². The Morgan fingerprint density at radius 2 is 1.49 bits per heavy atom. The van der Waals surface area contributed by atoms with Gasteiger partial charge in [-0.15, -0.1) is 0 Å². The fourth-order valence-electron chi connectivity index (χ4n) is 12.4. The van der Waals surface area contributed by atoms with Crippen molar-refractivity contribution in [3.63, 3.8) is 0 Å². The van der Waals surface area contributed by atoms with Gasteiger partial charge in [0.15, 0.2) is 0 Å². The Morgan fingerprint density at radius 1 is 0.771 bits per heavy atom. The molecule has 0 aromatic rings. The van der Waals surface area contributed by atoms with E-state index in [1.165, 1.54) is 57.8 Å². The first-order chi connectivity index (χ1) is 16.2. The lowest BCUT2D eigenvalue weighted by Gasteiger charge is -2.73. The van der Waals surface area contributed by atoms with E-state index in [0.717, 1.165) is 30.8 Å². The fraction of sp³-hybridized carbons (Fsp3) is 0.969. The molecule has 1 aliphatic heterocycles. The number of carbonyl (C=O) groups is 1. The Hall–Kier alpha value is -0.570. The van der Waals surface area contributed by atoms with Crippen LogP contribution >= 0.6 is 0 Å². The summed E-state index contributed by atoms with van der Waals surface area (Å²) in [7, 11) is 0. The molecule has 0 radical (unpaired) electrons. The van der Waals surface area contributed by atoms with Gasteiger partial charge in [0.2, 0.25) is 0 Å². The van der Waals surface area contributed by atoms with Crippen molar-refractivity contribution in [3.05, 3.63) is 0 Å². The summed E-state index contributed by atoms with van der Waals surface area (Å²) in [5, 5.41) is 0. The van der Waals surface area contributed by atoms with E-state index in [1.54, 1.807) is 6.92 Å². The van der Waals surface area contributed by atoms with E-state index < -0.39 is 0 Å². The van der Waals surface area contributed by atoms with Crippen LogP contribution in [0.25, 0.3) is 0 Å². The summed E-state index contributed by atoms with van der Waals surface area (Å²) in [4.78, 5) is 11.9. The van der Waals surface area contributed by atoms with Crippen LogP contribution in [0, 0.1) is 56.2 Å². The van der Waals surface area contributed by atoms with E-state index in [4.69, 9.17) is 9.47 Å². The van der Waals surface area contributed by atoms with Gasteiger partial charge < -0.3 is 9.47 Å². The molecule has 10 atom stereocenters. The van der Waals surface area contributed by atoms with Crippen molar-refractivity contribution in [1.82, 2.24) is 0 Å². The molecule has 1 heterocycles. The summed E-state index contributed by atoms with van der Waals surface area (Å²) < 4.78 is 12.7. The highest BCUT2D eigenvalue weighted by Gasteiger charge is 2.72. The molecule has 0 amide bonds. The van der Waals surface area contributed by atoms with Gasteiger partial charge in [-0.25, -0.2) is 0 Å². The molecule has 6 aliphatic rings. The van der Waals surface area contributed by atoms with Gasteiger partial charge in [-0.1, -0.05) is 48.5 Å². The number of carbonyl (C=O) groups excluding carboxylic acids is 1. The summed E-state index contributed by atoms with van der Waals surface area (Å²) in [6.07, 6.45) is 13.7. The molecular weight excluding hydrogens is 432 g/mol. The highest BCUT2D eigenvalue weighted by molar-refractivity contribution is 5.66. The molecule has 198 valence electrons. The van der Waals surface area contributed by atoms with Gasteiger partial charge in [0.1, 0.15) is 6.10 Å². The van der Waals surface area contributed by atoms with Crippen molar-refractivity contribution in [3.8, 4) is 0 Å². The lowest BCUT2D eigenvalue weighted by molar-refractivity contribution is -0.254. The molecule has 3 nitrogen and oxygen atoms in total. The molecule has 0 N–H and O–H groups in total. The predicted molar refractivity (Wildman–Crippen MR) is 140 cm³/mol. The number of fused-ring (bicyclic) bond motifs is 5. The molecule has 0 aromatic carbocycles. The molecule has 1 saturated heterocycles. The van der Waals surface area contributed by atoms with Crippen LogP contribution in [-0.2, 0) is 14.3 Å². The second-order valence-corrected chi connectivity index (χ2v) is 16.2. The van der Waals surface area contributed by atoms with Crippen LogP contribution in [0.1, 0.15) is 120 Å². The van der Waals surface area contributed by atoms with E-state index in [-0.39, 0.29) is 17.5 Å². The Morgan fingerprint density at radius 3 is 2.20 bits per heavy atom. The number of hydrogen-bond acceptors (Lipinski definition) is 3. The average Bonchev–Trinajstić information content (AvgIpc) is 3.10. The molecule has 35 heavy (non-hydrogen) atoms. The van der Waals surface area contributed by atoms with Gasteiger partial charge in [0.25, 0.3) is 0 Å². The molecule has 0 unspecified atom stereocenters. The minimum atomic E-state index is -0.108. The summed E-state index contributed by atoms with van der Waals surface area (Å²) in [5.41, 5.74) is 2.00. The minimum absolute atomic E-state index is 0.0503. The average molecular weight is 485 g/mol. The highest BCUT2D eigenvalue weighted by atomic mass is 16.5. The third-order valence-electron chi connectivity index (χ3n) is 14.4. The topological polar surface area (TPSA) is 35.5 Å². The third-order valence-corrected chi connectivity index (χ3v) is 14.4. The summed E-state index contributed by atoms with van der Waals surface area (Å²) in [6.45, 7) is 20.5. The number of rotatable bonds is 1. The maximum atomic E-state index is 11.9. The maximum absolute atomic E-state index is 11.9. The van der Waals surface area contributed by atoms with Crippen molar-refractivity contribution < 1.29 is 14.3 Å². The minimum Gasteiger partial charge on any atom is -0.462 e. The Labute approximate surface area is 214 Å². The quantitative estimate of drug-likeness (QED) is 0.356. The van der Waals surface area contributed by atoms with Crippen LogP contribution in [0.4, 0.5) is 0 Å². The summed E-state index contributed by atoms with van der Waals surface area (Å²) >= 11 is 0. The van der Waals surface area contributed by atoms with E-state index >= 15 is 0 Å². The molecule has 3 heteroatoms. The fourth-order valence-corrected chi connectivity index (χ4v) is 12.4. The summed E-state index contributed by atoms with van der Waals surface area (Å²) in [6, 6.07) is 0. The monoisotopic (exact) mass is 484 g/mol. The predicted octanol–water partition coefficient (Wildman–Crippen LogP) is 7.81. The van der Waals surface area contributed by atoms with Crippen LogP contribution in [0.3, 0.4) is 0 Å². The van der Waals surface area contributed by atoms with Crippen LogP contribution in [0.15, 0.2) is 0 Å². The lowest BCUT2D eigenvalue weighted by Crippen LogP contribution is -2.67. The summed E-state index contributed by atoms with van der Waals surface area (Å²) in [5.74, 6) is 2.88. The largest absolute Gasteiger partial charge is 0.462 e. The van der Waals surface area contributed by atoms with Gasteiger partial charge in [0, 0.05) is 12.3 Å². The van der Waals surface area contributed by atoms with Gasteiger partial charge in [-0.2, -0.15) is 0 Å². The Balaban J connectivity index is 1.35. The van der Waals surface area contributed by atoms with Gasteiger partial charge >= 0.3 is 5.97 Å². The molecule has 6 rings (SSSR count). The second kappa shape index (κ2) is 7.29. The van der Waals surface area contributed by atoms with E-state index in [2.05, 4.69) is 48.5 Å². The van der Waals surface area contributed by atoms with Crippen molar-refractivity contribution in [2.45, 2.75) is 132 Å². The van der Waals surface area contributed by atoms with Crippen molar-refractivity contribution in [1.29, 1.82) is 0 Å². The maximum Gasteiger partial charge on any atom is 0.302 e. The van der Waals surface area contributed by atoms with Crippen LogP contribution in [0.5, 0.6) is 0 Å². The zero-order valence-corrected chi connectivity index (χ0v) is 24.0. The van der Waals surface area contributed by atoms with E-state index in [9.17, 15) is 4.79 Å². The molecule has 6 fully saturated rings. The smallest absolute Gasteiger partial charge is 0.302 e. The van der Waals surface area contributed by atoms with E-state index in [1.807, 2.05) is 0 Å². The number of ether oxygens (including phenoxy) is 2. The molecule has 2 bridgehead atoms. The first-order valence-electron chi connectivity index (χ1n) is 15.0.